The number of rotatable bonds is 2. The third kappa shape index (κ3) is 1.17. The number of hydrogen-bond acceptors (Lipinski definition) is 3. The molecule has 0 aromatic heterocycles. The number of nitro groups is 1. The van der Waals surface area contributed by atoms with Crippen molar-refractivity contribution in [2.24, 2.45) is 29.6 Å². The molecule has 5 unspecified atom stereocenters. The van der Waals surface area contributed by atoms with Gasteiger partial charge >= 0.3 is 0 Å². The van der Waals surface area contributed by atoms with Crippen molar-refractivity contribution in [1.82, 2.24) is 0 Å². The second-order valence-corrected chi connectivity index (χ2v) is 5.00. The molecule has 3 aliphatic rings. The van der Waals surface area contributed by atoms with Crippen LogP contribution in [0.3, 0.4) is 0 Å². The van der Waals surface area contributed by atoms with Crippen LogP contribution in [0.1, 0.15) is 12.8 Å². The Morgan fingerprint density at radius 1 is 1.40 bits per heavy atom. The monoisotopic (exact) mass is 207 g/mol. The van der Waals surface area contributed by atoms with Crippen LogP contribution in [0, 0.1) is 39.7 Å². The molecule has 0 aliphatic heterocycles. The van der Waals surface area contributed by atoms with Gasteiger partial charge in [-0.15, -0.1) is 0 Å². The first-order chi connectivity index (χ1) is 7.16. The fraction of sp³-hybridized carbons (Fsp3) is 0.727. The molecule has 3 rings (SSSR count). The van der Waals surface area contributed by atoms with Gasteiger partial charge in [-0.2, -0.15) is 0 Å². The van der Waals surface area contributed by atoms with Crippen molar-refractivity contribution in [3.8, 4) is 0 Å². The Labute approximate surface area is 87.5 Å². The van der Waals surface area contributed by atoms with E-state index in [-0.39, 0.29) is 35.0 Å². The number of allylic oxidation sites excluding steroid dienone is 2. The van der Waals surface area contributed by atoms with Crippen LogP contribution >= 0.6 is 0 Å². The van der Waals surface area contributed by atoms with Crippen LogP contribution in [0.4, 0.5) is 0 Å². The lowest BCUT2D eigenvalue weighted by atomic mass is 9.81. The van der Waals surface area contributed by atoms with Crippen LogP contribution in [0.25, 0.3) is 0 Å². The Bertz CT molecular complexity index is 363. The number of carbonyl (C=O) groups is 1. The zero-order valence-electron chi connectivity index (χ0n) is 8.33. The smallest absolute Gasteiger partial charge is 0.207 e. The molecular weight excluding hydrogens is 194 g/mol. The summed E-state index contributed by atoms with van der Waals surface area (Å²) in [5.74, 6) is 1.49. The van der Waals surface area contributed by atoms with Gasteiger partial charge in [-0.25, -0.2) is 0 Å². The average Bonchev–Trinajstić information content (AvgIpc) is 2.78. The van der Waals surface area contributed by atoms with E-state index >= 15 is 0 Å². The summed E-state index contributed by atoms with van der Waals surface area (Å²) in [7, 11) is 0. The molecule has 80 valence electrons. The SMILES string of the molecule is O=C1CC(C[N+](=O)[O-])C2C3C=CC(C3)C12. The highest BCUT2D eigenvalue weighted by molar-refractivity contribution is 5.85. The van der Waals surface area contributed by atoms with E-state index < -0.39 is 0 Å². The van der Waals surface area contributed by atoms with Gasteiger partial charge in [-0.3, -0.25) is 14.9 Å². The Hall–Kier alpha value is -1.19. The maximum absolute atomic E-state index is 11.8. The molecule has 3 aliphatic carbocycles. The second-order valence-electron chi connectivity index (χ2n) is 5.00. The van der Waals surface area contributed by atoms with E-state index in [1.807, 2.05) is 0 Å². The van der Waals surface area contributed by atoms with E-state index in [1.165, 1.54) is 0 Å². The predicted molar refractivity (Wildman–Crippen MR) is 52.7 cm³/mol. The summed E-state index contributed by atoms with van der Waals surface area (Å²) >= 11 is 0. The number of ketones is 1. The molecule has 0 N–H and O–H groups in total. The van der Waals surface area contributed by atoms with Crippen molar-refractivity contribution in [3.05, 3.63) is 22.3 Å². The molecule has 4 nitrogen and oxygen atoms in total. The summed E-state index contributed by atoms with van der Waals surface area (Å²) in [5, 5.41) is 10.5. The summed E-state index contributed by atoms with van der Waals surface area (Å²) in [5.41, 5.74) is 0. The van der Waals surface area contributed by atoms with Gasteiger partial charge in [0.1, 0.15) is 5.78 Å². The van der Waals surface area contributed by atoms with Crippen molar-refractivity contribution in [1.29, 1.82) is 0 Å². The van der Waals surface area contributed by atoms with E-state index in [2.05, 4.69) is 12.2 Å². The van der Waals surface area contributed by atoms with E-state index in [1.54, 1.807) is 0 Å². The zero-order valence-corrected chi connectivity index (χ0v) is 8.33. The summed E-state index contributed by atoms with van der Waals surface area (Å²) in [6.45, 7) is -0.0238. The lowest BCUT2D eigenvalue weighted by Crippen LogP contribution is -2.25. The lowest BCUT2D eigenvalue weighted by molar-refractivity contribution is -0.489. The maximum atomic E-state index is 11.8. The van der Waals surface area contributed by atoms with Gasteiger partial charge in [0.15, 0.2) is 0 Å². The Balaban J connectivity index is 1.87. The molecule has 15 heavy (non-hydrogen) atoms. The van der Waals surface area contributed by atoms with E-state index in [4.69, 9.17) is 0 Å². The van der Waals surface area contributed by atoms with Gasteiger partial charge in [-0.1, -0.05) is 12.2 Å². The van der Waals surface area contributed by atoms with E-state index in [9.17, 15) is 14.9 Å². The quantitative estimate of drug-likeness (QED) is 0.389. The Morgan fingerprint density at radius 2 is 2.13 bits per heavy atom. The van der Waals surface area contributed by atoms with E-state index in [0.29, 0.717) is 18.3 Å². The minimum atomic E-state index is -0.268. The molecule has 2 fully saturated rings. The largest absolute Gasteiger partial charge is 0.299 e. The van der Waals surface area contributed by atoms with Gasteiger partial charge in [-0.05, 0) is 24.2 Å². The molecule has 4 heteroatoms. The van der Waals surface area contributed by atoms with Crippen LogP contribution in [0.2, 0.25) is 0 Å². The minimum Gasteiger partial charge on any atom is -0.299 e. The summed E-state index contributed by atoms with van der Waals surface area (Å²) in [4.78, 5) is 22.0. The van der Waals surface area contributed by atoms with E-state index in [0.717, 1.165) is 6.42 Å². The third-order valence-electron chi connectivity index (χ3n) is 4.28. The van der Waals surface area contributed by atoms with Crippen molar-refractivity contribution in [2.75, 3.05) is 6.54 Å². The van der Waals surface area contributed by atoms with Crippen molar-refractivity contribution in [2.45, 2.75) is 12.8 Å². The average molecular weight is 207 g/mol. The van der Waals surface area contributed by atoms with Crippen molar-refractivity contribution in [3.63, 3.8) is 0 Å². The first-order valence-electron chi connectivity index (χ1n) is 5.49. The maximum Gasteiger partial charge on any atom is 0.207 e. The number of Topliss-reactive ketones (excluding diaryl/α,β-unsaturated/α-hetero) is 1. The summed E-state index contributed by atoms with van der Waals surface area (Å²) in [6, 6.07) is 0. The third-order valence-corrected chi connectivity index (χ3v) is 4.28. The van der Waals surface area contributed by atoms with Crippen LogP contribution in [-0.4, -0.2) is 17.3 Å². The fourth-order valence-corrected chi connectivity index (χ4v) is 3.86. The van der Waals surface area contributed by atoms with Crippen LogP contribution < -0.4 is 0 Å². The molecule has 2 saturated carbocycles. The zero-order chi connectivity index (χ0) is 10.6. The minimum absolute atomic E-state index is 0.00236. The molecule has 0 radical (unpaired) electrons. The summed E-state index contributed by atoms with van der Waals surface area (Å²) < 4.78 is 0. The number of hydrogen-bond donors (Lipinski definition) is 0. The topological polar surface area (TPSA) is 60.2 Å². The van der Waals surface area contributed by atoms with Gasteiger partial charge in [0, 0.05) is 23.2 Å². The van der Waals surface area contributed by atoms with Gasteiger partial charge in [0.2, 0.25) is 6.54 Å². The fourth-order valence-electron chi connectivity index (χ4n) is 3.86. The normalized spacial score (nSPS) is 46.1. The number of fused-ring (bicyclic) bond motifs is 5. The standard InChI is InChI=1S/C11H13NO3/c13-9-4-8(5-12(14)15)10-6-1-2-7(3-6)11(9)10/h1-2,6-8,10-11H,3-5H2. The molecule has 0 heterocycles. The molecule has 0 aromatic rings. The highest BCUT2D eigenvalue weighted by atomic mass is 16.6. The van der Waals surface area contributed by atoms with Gasteiger partial charge < -0.3 is 0 Å². The molecular formula is C11H13NO3. The van der Waals surface area contributed by atoms with Crippen LogP contribution in [0.15, 0.2) is 12.2 Å². The predicted octanol–water partition coefficient (Wildman–Crippen LogP) is 1.29. The lowest BCUT2D eigenvalue weighted by Gasteiger charge is -2.22. The van der Waals surface area contributed by atoms with Crippen LogP contribution in [0.5, 0.6) is 0 Å². The first-order valence-corrected chi connectivity index (χ1v) is 5.49. The van der Waals surface area contributed by atoms with Gasteiger partial charge in [0.05, 0.1) is 0 Å². The molecule has 0 saturated heterocycles. The highest BCUT2D eigenvalue weighted by Gasteiger charge is 2.56. The number of carbonyl (C=O) groups excluding carboxylic acids is 1. The highest BCUT2D eigenvalue weighted by Crippen LogP contribution is 2.56. The van der Waals surface area contributed by atoms with Gasteiger partial charge in [0.25, 0.3) is 0 Å². The molecule has 5 atom stereocenters. The molecule has 2 bridgehead atoms. The van der Waals surface area contributed by atoms with Crippen molar-refractivity contribution < 1.29 is 9.72 Å². The summed E-state index contributed by atoms with van der Waals surface area (Å²) in [6.07, 6.45) is 5.79. The van der Waals surface area contributed by atoms with Crippen LogP contribution in [-0.2, 0) is 4.79 Å². The Morgan fingerprint density at radius 3 is 2.87 bits per heavy atom. The molecule has 0 aromatic carbocycles. The molecule has 0 spiro atoms. The first kappa shape index (κ1) is 9.07. The van der Waals surface area contributed by atoms with Crippen molar-refractivity contribution >= 4 is 5.78 Å². The molecule has 0 amide bonds. The second kappa shape index (κ2) is 2.90. The number of nitrogens with zero attached hydrogens (tertiary/aromatic N) is 1. The Kier molecular flexibility index (Phi) is 1.75.